The Morgan fingerprint density at radius 1 is 1.13 bits per heavy atom. The molecule has 1 aliphatic carbocycles. The molecule has 2 fully saturated rings. The number of hydrogen-bond acceptors (Lipinski definition) is 3. The average molecular weight is 360 g/mol. The Kier molecular flexibility index (Phi) is 7.65. The van der Waals surface area contributed by atoms with Gasteiger partial charge in [0.15, 0.2) is 0 Å². The quantitative estimate of drug-likeness (QED) is 0.872. The number of nitrogens with two attached hydrogens (primary N) is 1. The highest BCUT2D eigenvalue weighted by atomic mass is 35.5. The molecular weight excluding hydrogens is 333 g/mol. The summed E-state index contributed by atoms with van der Waals surface area (Å²) in [5.74, 6) is 0.0575. The monoisotopic (exact) mass is 359 g/mol. The summed E-state index contributed by atoms with van der Waals surface area (Å²) in [7, 11) is 0. The minimum absolute atomic E-state index is 0. The van der Waals surface area contributed by atoms with Gasteiger partial charge in [-0.25, -0.2) is 0 Å². The van der Waals surface area contributed by atoms with E-state index in [1.54, 1.807) is 0 Å². The second-order valence-corrected chi connectivity index (χ2v) is 6.46. The number of anilines is 1. The molecule has 1 aliphatic heterocycles. The second kappa shape index (κ2) is 8.76. The first-order chi connectivity index (χ1) is 10.2. The highest BCUT2D eigenvalue weighted by Crippen LogP contribution is 2.27. The maximum absolute atomic E-state index is 12.5. The van der Waals surface area contributed by atoms with E-state index in [1.165, 1.54) is 12.1 Å². The van der Waals surface area contributed by atoms with Crippen molar-refractivity contribution in [3.05, 3.63) is 30.3 Å². The molecule has 3 N–H and O–H groups in total. The van der Waals surface area contributed by atoms with Crippen LogP contribution in [0.25, 0.3) is 0 Å². The molecule has 3 rings (SSSR count). The van der Waals surface area contributed by atoms with E-state index in [0.29, 0.717) is 0 Å². The van der Waals surface area contributed by atoms with Crippen molar-refractivity contribution in [3.63, 3.8) is 0 Å². The number of amides is 1. The molecule has 1 saturated carbocycles. The summed E-state index contributed by atoms with van der Waals surface area (Å²) in [5, 5.41) is 3.18. The molecule has 2 aliphatic rings. The van der Waals surface area contributed by atoms with E-state index >= 15 is 0 Å². The van der Waals surface area contributed by atoms with Gasteiger partial charge >= 0.3 is 0 Å². The van der Waals surface area contributed by atoms with E-state index in [4.69, 9.17) is 5.73 Å². The van der Waals surface area contributed by atoms with Crippen LogP contribution in [-0.2, 0) is 4.79 Å². The van der Waals surface area contributed by atoms with Crippen LogP contribution in [0.1, 0.15) is 38.5 Å². The fourth-order valence-electron chi connectivity index (χ4n) is 3.49. The molecule has 6 heteroatoms. The summed E-state index contributed by atoms with van der Waals surface area (Å²) in [5.41, 5.74) is 6.91. The van der Waals surface area contributed by atoms with Crippen LogP contribution in [0.2, 0.25) is 0 Å². The van der Waals surface area contributed by atoms with E-state index < -0.39 is 5.54 Å². The van der Waals surface area contributed by atoms with E-state index in [2.05, 4.69) is 34.5 Å². The Bertz CT molecular complexity index is 492. The number of carbonyl (C=O) groups is 1. The van der Waals surface area contributed by atoms with Crippen molar-refractivity contribution in [2.75, 3.05) is 18.0 Å². The third kappa shape index (κ3) is 4.75. The average Bonchev–Trinajstić information content (AvgIpc) is 2.97. The van der Waals surface area contributed by atoms with Crippen LogP contribution in [0, 0.1) is 0 Å². The predicted molar refractivity (Wildman–Crippen MR) is 99.7 cm³/mol. The fraction of sp³-hybridized carbons (Fsp3) is 0.588. The summed E-state index contributed by atoms with van der Waals surface area (Å²) in [6.07, 6.45) is 6.01. The Labute approximate surface area is 151 Å². The van der Waals surface area contributed by atoms with Crippen molar-refractivity contribution >= 4 is 36.4 Å². The van der Waals surface area contributed by atoms with Crippen molar-refractivity contribution in [2.24, 2.45) is 5.73 Å². The highest BCUT2D eigenvalue weighted by Gasteiger charge is 2.37. The maximum atomic E-state index is 12.5. The van der Waals surface area contributed by atoms with Gasteiger partial charge in [-0.05, 0) is 31.4 Å². The summed E-state index contributed by atoms with van der Waals surface area (Å²) in [6, 6.07) is 10.6. The lowest BCUT2D eigenvalue weighted by atomic mass is 9.82. The Morgan fingerprint density at radius 2 is 1.78 bits per heavy atom. The van der Waals surface area contributed by atoms with E-state index in [-0.39, 0.29) is 36.8 Å². The molecule has 0 spiro atoms. The van der Waals surface area contributed by atoms with Gasteiger partial charge in [0.1, 0.15) is 0 Å². The van der Waals surface area contributed by atoms with Gasteiger partial charge < -0.3 is 16.0 Å². The zero-order valence-electron chi connectivity index (χ0n) is 13.4. The summed E-state index contributed by atoms with van der Waals surface area (Å²) >= 11 is 0. The first-order valence-corrected chi connectivity index (χ1v) is 8.07. The molecule has 1 unspecified atom stereocenters. The predicted octanol–water partition coefficient (Wildman–Crippen LogP) is 2.89. The topological polar surface area (TPSA) is 58.4 Å². The van der Waals surface area contributed by atoms with Crippen molar-refractivity contribution in [3.8, 4) is 0 Å². The van der Waals surface area contributed by atoms with Crippen molar-refractivity contribution in [1.29, 1.82) is 0 Å². The Balaban J connectivity index is 0.00000132. The van der Waals surface area contributed by atoms with E-state index in [1.807, 2.05) is 6.07 Å². The van der Waals surface area contributed by atoms with Crippen molar-refractivity contribution in [2.45, 2.75) is 50.1 Å². The van der Waals surface area contributed by atoms with Gasteiger partial charge in [-0.15, -0.1) is 24.8 Å². The van der Waals surface area contributed by atoms with Gasteiger partial charge in [0.05, 0.1) is 5.54 Å². The van der Waals surface area contributed by atoms with Crippen LogP contribution < -0.4 is 16.0 Å². The third-order valence-corrected chi connectivity index (χ3v) is 4.84. The third-order valence-electron chi connectivity index (χ3n) is 4.84. The normalized spacial score (nSPS) is 22.7. The molecular formula is C17H27Cl2N3O. The molecule has 1 amide bonds. The van der Waals surface area contributed by atoms with Crippen LogP contribution in [0.4, 0.5) is 5.69 Å². The van der Waals surface area contributed by atoms with Crippen molar-refractivity contribution in [1.82, 2.24) is 5.32 Å². The SMILES string of the molecule is Cl.Cl.NC1(C(=O)NC2CCN(c3ccccc3)C2)CCCCC1. The number of nitrogens with one attached hydrogen (secondary N) is 1. The minimum atomic E-state index is -0.627. The van der Waals surface area contributed by atoms with Gasteiger partial charge in [0.25, 0.3) is 0 Å². The number of benzene rings is 1. The molecule has 1 aromatic rings. The molecule has 1 heterocycles. The first-order valence-electron chi connectivity index (χ1n) is 8.07. The lowest BCUT2D eigenvalue weighted by Crippen LogP contribution is -2.57. The zero-order chi connectivity index (χ0) is 14.7. The summed E-state index contributed by atoms with van der Waals surface area (Å²) in [4.78, 5) is 14.8. The molecule has 1 saturated heterocycles. The minimum Gasteiger partial charge on any atom is -0.369 e. The largest absolute Gasteiger partial charge is 0.369 e. The molecule has 130 valence electrons. The molecule has 1 atom stereocenters. The van der Waals surface area contributed by atoms with Crippen LogP contribution in [0.3, 0.4) is 0 Å². The highest BCUT2D eigenvalue weighted by molar-refractivity contribution is 5.86. The van der Waals surface area contributed by atoms with E-state index in [9.17, 15) is 4.79 Å². The molecule has 0 aromatic heterocycles. The van der Waals surface area contributed by atoms with Gasteiger partial charge in [-0.2, -0.15) is 0 Å². The Hall–Kier alpha value is -0.970. The number of hydrogen-bond donors (Lipinski definition) is 2. The number of halogens is 2. The van der Waals surface area contributed by atoms with Crippen molar-refractivity contribution < 1.29 is 4.79 Å². The second-order valence-electron chi connectivity index (χ2n) is 6.46. The molecule has 0 radical (unpaired) electrons. The molecule has 0 bridgehead atoms. The van der Waals surface area contributed by atoms with E-state index in [0.717, 1.165) is 45.2 Å². The smallest absolute Gasteiger partial charge is 0.240 e. The number of nitrogens with zero attached hydrogens (tertiary/aromatic N) is 1. The standard InChI is InChI=1S/C17H25N3O.2ClH/c18-17(10-5-2-6-11-17)16(21)19-14-9-12-20(13-14)15-7-3-1-4-8-15;;/h1,3-4,7-8,14H,2,5-6,9-13,18H2,(H,19,21);2*1H. The maximum Gasteiger partial charge on any atom is 0.240 e. The zero-order valence-corrected chi connectivity index (χ0v) is 15.0. The number of para-hydroxylation sites is 1. The summed E-state index contributed by atoms with van der Waals surface area (Å²) < 4.78 is 0. The van der Waals surface area contributed by atoms with Crippen LogP contribution in [0.15, 0.2) is 30.3 Å². The fourth-order valence-corrected chi connectivity index (χ4v) is 3.49. The van der Waals surface area contributed by atoms with Crippen LogP contribution in [-0.4, -0.2) is 30.6 Å². The van der Waals surface area contributed by atoms with Crippen LogP contribution in [0.5, 0.6) is 0 Å². The first kappa shape index (κ1) is 20.1. The van der Waals surface area contributed by atoms with Crippen LogP contribution >= 0.6 is 24.8 Å². The molecule has 23 heavy (non-hydrogen) atoms. The van der Waals surface area contributed by atoms with Gasteiger partial charge in [0.2, 0.25) is 5.91 Å². The number of carbonyl (C=O) groups excluding carboxylic acids is 1. The molecule has 4 nitrogen and oxygen atoms in total. The molecule has 1 aromatic carbocycles. The number of rotatable bonds is 3. The summed E-state index contributed by atoms with van der Waals surface area (Å²) in [6.45, 7) is 1.87. The Morgan fingerprint density at radius 3 is 2.43 bits per heavy atom. The van der Waals surface area contributed by atoms with Gasteiger partial charge in [-0.1, -0.05) is 37.5 Å². The van der Waals surface area contributed by atoms with Gasteiger partial charge in [-0.3, -0.25) is 4.79 Å². The van der Waals surface area contributed by atoms with Gasteiger partial charge in [0, 0.05) is 24.8 Å². The lowest BCUT2D eigenvalue weighted by Gasteiger charge is -2.33. The lowest BCUT2D eigenvalue weighted by molar-refractivity contribution is -0.128.